The molecule has 15 nitrogen and oxygen atoms in total. The minimum atomic E-state index is -4.89. The fourth-order valence-corrected chi connectivity index (χ4v) is 5.23. The summed E-state index contributed by atoms with van der Waals surface area (Å²) < 4.78 is 91.4. The minimum absolute atomic E-state index is 0.00960. The van der Waals surface area contributed by atoms with E-state index in [0.717, 1.165) is 18.2 Å². The molecule has 18 heteroatoms. The number of nitro benzene ring substituents is 1. The molecule has 3 N–H and O–H groups in total. The van der Waals surface area contributed by atoms with Crippen LogP contribution < -0.4 is 0 Å². The van der Waals surface area contributed by atoms with Crippen molar-refractivity contribution in [2.75, 3.05) is 12.4 Å². The molecule has 0 aromatic heterocycles. The number of hydrogen-bond acceptors (Lipinski definition) is 12. The third-order valence-electron chi connectivity index (χ3n) is 4.59. The molecule has 192 valence electrons. The van der Waals surface area contributed by atoms with Gasteiger partial charge in [-0.2, -0.15) is 16.8 Å². The van der Waals surface area contributed by atoms with Crippen molar-refractivity contribution in [2.24, 2.45) is 10.2 Å². The van der Waals surface area contributed by atoms with Crippen LogP contribution in [0.2, 0.25) is 0 Å². The van der Waals surface area contributed by atoms with E-state index in [1.807, 2.05) is 0 Å². The van der Waals surface area contributed by atoms with Gasteiger partial charge in [-0.15, -0.1) is 10.2 Å². The molecule has 0 bridgehead atoms. The lowest BCUT2D eigenvalue weighted by atomic mass is 10.1. The van der Waals surface area contributed by atoms with Gasteiger partial charge in [0.1, 0.15) is 10.6 Å². The Morgan fingerprint density at radius 2 is 1.50 bits per heavy atom. The number of fused-ring (bicyclic) bond motifs is 1. The smallest absolute Gasteiger partial charge is 0.397 e. The third-order valence-corrected chi connectivity index (χ3v) is 7.62. The highest BCUT2D eigenvalue weighted by atomic mass is 32.3. The zero-order chi connectivity index (χ0) is 26.9. The number of nitro groups is 1. The highest BCUT2D eigenvalue weighted by Gasteiger charge is 2.23. The van der Waals surface area contributed by atoms with Crippen LogP contribution >= 0.6 is 0 Å². The zero-order valence-corrected chi connectivity index (χ0v) is 20.1. The molecule has 0 radical (unpaired) electrons. The first kappa shape index (κ1) is 27.0. The van der Waals surface area contributed by atoms with E-state index in [9.17, 15) is 45.0 Å². The summed E-state index contributed by atoms with van der Waals surface area (Å²) in [6.45, 7) is -0.951. The van der Waals surface area contributed by atoms with Crippen molar-refractivity contribution in [2.45, 2.75) is 9.79 Å². The molecule has 0 fully saturated rings. The van der Waals surface area contributed by atoms with E-state index in [2.05, 4.69) is 14.4 Å². The Bertz CT molecular complexity index is 1720. The standard InChI is InChI=1S/C18H15N3O12S3/c22-18-13-4-2-1-3-12(13)17(35(27,28)29)10-15(18)20-19-14-6-5-11(9-16(14)21(23)24)34(25,26)8-7-33-36(30,31)32/h1-6,9-10,22H,7-8H2,(H,27,28,29)(H,30,31,32)/b20-19+. The van der Waals surface area contributed by atoms with Crippen LogP contribution in [0.3, 0.4) is 0 Å². The fourth-order valence-electron chi connectivity index (χ4n) is 3.00. The van der Waals surface area contributed by atoms with Gasteiger partial charge in [-0.3, -0.25) is 19.2 Å². The average molecular weight is 562 g/mol. The van der Waals surface area contributed by atoms with Gasteiger partial charge >= 0.3 is 10.4 Å². The van der Waals surface area contributed by atoms with E-state index in [1.165, 1.54) is 24.3 Å². The van der Waals surface area contributed by atoms with Crippen LogP contribution in [0.1, 0.15) is 0 Å². The molecular formula is C18H15N3O12S3. The van der Waals surface area contributed by atoms with E-state index < -0.39 is 80.2 Å². The van der Waals surface area contributed by atoms with Gasteiger partial charge in [0.15, 0.2) is 21.3 Å². The van der Waals surface area contributed by atoms with Crippen LogP contribution in [0.15, 0.2) is 68.6 Å². The molecule has 0 aliphatic heterocycles. The lowest BCUT2D eigenvalue weighted by Crippen LogP contribution is -2.15. The highest BCUT2D eigenvalue weighted by Crippen LogP contribution is 2.40. The second-order valence-corrected chi connectivity index (χ2v) is 11.5. The largest absolute Gasteiger partial charge is 0.505 e. The second-order valence-electron chi connectivity index (χ2n) is 6.94. The maximum atomic E-state index is 12.3. The highest BCUT2D eigenvalue weighted by molar-refractivity contribution is 7.91. The Balaban J connectivity index is 2.04. The maximum Gasteiger partial charge on any atom is 0.397 e. The molecule has 0 unspecified atom stereocenters. The van der Waals surface area contributed by atoms with Crippen molar-refractivity contribution < 1.29 is 48.6 Å². The number of benzene rings is 3. The summed E-state index contributed by atoms with van der Waals surface area (Å²) in [5.74, 6) is -1.48. The van der Waals surface area contributed by atoms with Crippen molar-refractivity contribution in [3.05, 3.63) is 58.6 Å². The Kier molecular flexibility index (Phi) is 7.39. The molecule has 3 aromatic rings. The molecule has 0 heterocycles. The molecule has 0 aliphatic carbocycles. The minimum Gasteiger partial charge on any atom is -0.505 e. The first-order chi connectivity index (χ1) is 16.6. The number of aromatic hydroxyl groups is 1. The monoisotopic (exact) mass is 561 g/mol. The Labute approximate surface area is 203 Å². The molecule has 0 atom stereocenters. The molecular weight excluding hydrogens is 546 g/mol. The average Bonchev–Trinajstić information content (AvgIpc) is 2.76. The maximum absolute atomic E-state index is 12.3. The number of azo groups is 1. The SMILES string of the molecule is O=[N+]([O-])c1cc(S(=O)(=O)CCOS(=O)(=O)O)ccc1/N=N/c1cc(S(=O)(=O)O)c2ccccc2c1O. The molecule has 3 aromatic carbocycles. The molecule has 0 saturated heterocycles. The van der Waals surface area contributed by atoms with Gasteiger partial charge in [0, 0.05) is 16.8 Å². The normalized spacial score (nSPS) is 12.8. The predicted molar refractivity (Wildman–Crippen MR) is 122 cm³/mol. The Morgan fingerprint density at radius 3 is 2.08 bits per heavy atom. The summed E-state index contributed by atoms with van der Waals surface area (Å²) in [5, 5.41) is 29.2. The first-order valence-corrected chi connectivity index (χ1v) is 13.8. The van der Waals surface area contributed by atoms with Crippen LogP contribution in [-0.4, -0.2) is 56.7 Å². The summed E-state index contributed by atoms with van der Waals surface area (Å²) >= 11 is 0. The Hall–Kier alpha value is -3.55. The van der Waals surface area contributed by atoms with E-state index in [-0.39, 0.29) is 10.8 Å². The topological polar surface area (TPSA) is 240 Å². The van der Waals surface area contributed by atoms with Crippen LogP contribution in [0, 0.1) is 10.1 Å². The lowest BCUT2D eigenvalue weighted by Gasteiger charge is -2.08. The molecule has 3 rings (SSSR count). The van der Waals surface area contributed by atoms with E-state index in [0.29, 0.717) is 6.07 Å². The van der Waals surface area contributed by atoms with Gasteiger partial charge in [-0.05, 0) is 18.2 Å². The first-order valence-electron chi connectivity index (χ1n) is 9.37. The van der Waals surface area contributed by atoms with Gasteiger partial charge in [0.2, 0.25) is 0 Å². The summed E-state index contributed by atoms with van der Waals surface area (Å²) in [6.07, 6.45) is 0. The van der Waals surface area contributed by atoms with Crippen molar-refractivity contribution in [3.8, 4) is 5.75 Å². The van der Waals surface area contributed by atoms with Gasteiger partial charge < -0.3 is 5.11 Å². The van der Waals surface area contributed by atoms with E-state index in [4.69, 9.17) is 4.55 Å². The summed E-state index contributed by atoms with van der Waals surface area (Å²) in [6, 6.07) is 8.84. The summed E-state index contributed by atoms with van der Waals surface area (Å²) in [5.41, 5.74) is -1.78. The van der Waals surface area contributed by atoms with Gasteiger partial charge in [0.05, 0.1) is 22.2 Å². The van der Waals surface area contributed by atoms with Crippen LogP contribution in [0.5, 0.6) is 5.75 Å². The van der Waals surface area contributed by atoms with Crippen molar-refractivity contribution in [3.63, 3.8) is 0 Å². The molecule has 0 saturated carbocycles. The molecule has 36 heavy (non-hydrogen) atoms. The number of phenols is 1. The van der Waals surface area contributed by atoms with Crippen molar-refractivity contribution in [1.29, 1.82) is 0 Å². The predicted octanol–water partition coefficient (Wildman–Crippen LogP) is 2.71. The fraction of sp³-hybridized carbons (Fsp3) is 0.111. The van der Waals surface area contributed by atoms with Gasteiger partial charge in [0.25, 0.3) is 15.8 Å². The number of phenolic OH excluding ortho intramolecular Hbond substituents is 1. The number of hydrogen-bond donors (Lipinski definition) is 3. The second kappa shape index (κ2) is 9.84. The lowest BCUT2D eigenvalue weighted by molar-refractivity contribution is -0.384. The third kappa shape index (κ3) is 6.17. The Morgan fingerprint density at radius 1 is 0.889 bits per heavy atom. The van der Waals surface area contributed by atoms with Crippen LogP contribution in [0.4, 0.5) is 17.1 Å². The van der Waals surface area contributed by atoms with Crippen LogP contribution in [-0.2, 0) is 34.5 Å². The molecule has 0 amide bonds. The summed E-state index contributed by atoms with van der Waals surface area (Å²) in [4.78, 5) is 9.32. The number of rotatable bonds is 9. The number of sulfone groups is 1. The molecule has 0 spiro atoms. The number of nitrogens with zero attached hydrogens (tertiary/aromatic N) is 3. The zero-order valence-electron chi connectivity index (χ0n) is 17.6. The summed E-state index contributed by atoms with van der Waals surface area (Å²) in [7, 11) is -13.9. The van der Waals surface area contributed by atoms with Crippen LogP contribution in [0.25, 0.3) is 10.8 Å². The van der Waals surface area contributed by atoms with Gasteiger partial charge in [-0.25, -0.2) is 12.6 Å². The van der Waals surface area contributed by atoms with Crippen molar-refractivity contribution >= 4 is 58.2 Å². The van der Waals surface area contributed by atoms with E-state index in [1.54, 1.807) is 0 Å². The van der Waals surface area contributed by atoms with E-state index >= 15 is 0 Å². The van der Waals surface area contributed by atoms with Crippen molar-refractivity contribution in [1.82, 2.24) is 0 Å². The quantitative estimate of drug-likeness (QED) is 0.148. The van der Waals surface area contributed by atoms with Gasteiger partial charge in [-0.1, -0.05) is 24.3 Å². The molecule has 0 aliphatic rings.